The van der Waals surface area contributed by atoms with Crippen LogP contribution >= 0.6 is 0 Å². The number of rotatable bonds is 7. The monoisotopic (exact) mass is 424 g/mol. The molecule has 5 rings (SSSR count). The molecule has 0 saturated heterocycles. The number of ether oxygens (including phenoxy) is 1. The lowest BCUT2D eigenvalue weighted by Crippen LogP contribution is -2.17. The first-order chi connectivity index (χ1) is 15.7. The van der Waals surface area contributed by atoms with Gasteiger partial charge >= 0.3 is 0 Å². The third-order valence-corrected chi connectivity index (χ3v) is 5.70. The molecular weight excluding hydrogens is 400 g/mol. The van der Waals surface area contributed by atoms with E-state index in [2.05, 4.69) is 21.4 Å². The van der Waals surface area contributed by atoms with Crippen LogP contribution in [0.25, 0.3) is 33.1 Å². The summed E-state index contributed by atoms with van der Waals surface area (Å²) < 4.78 is 5.37. The van der Waals surface area contributed by atoms with E-state index in [9.17, 15) is 5.11 Å². The molecule has 0 saturated carbocycles. The van der Waals surface area contributed by atoms with Crippen molar-refractivity contribution in [2.75, 3.05) is 13.7 Å². The molecule has 0 fully saturated rings. The number of fused-ring (bicyclic) bond motifs is 2. The van der Waals surface area contributed by atoms with E-state index in [-0.39, 0.29) is 5.75 Å². The predicted octanol–water partition coefficient (Wildman–Crippen LogP) is 4.82. The largest absolute Gasteiger partial charge is 0.508 e. The van der Waals surface area contributed by atoms with Gasteiger partial charge in [0.1, 0.15) is 11.5 Å². The Morgan fingerprint density at radius 1 is 1.00 bits per heavy atom. The molecular formula is C26H24N4O2. The van der Waals surface area contributed by atoms with Gasteiger partial charge < -0.3 is 20.1 Å². The van der Waals surface area contributed by atoms with Crippen LogP contribution in [0.1, 0.15) is 11.1 Å². The molecule has 0 aliphatic rings. The molecule has 6 heteroatoms. The number of phenols is 1. The molecule has 3 N–H and O–H groups in total. The number of methoxy groups -OCH3 is 1. The molecule has 0 unspecified atom stereocenters. The normalized spacial score (nSPS) is 11.3. The average molecular weight is 425 g/mol. The van der Waals surface area contributed by atoms with E-state index in [0.29, 0.717) is 6.54 Å². The van der Waals surface area contributed by atoms with Crippen molar-refractivity contribution in [2.24, 2.45) is 0 Å². The Balaban J connectivity index is 1.38. The summed E-state index contributed by atoms with van der Waals surface area (Å²) in [5.74, 6) is 1.08. The van der Waals surface area contributed by atoms with Gasteiger partial charge in [0, 0.05) is 53.1 Å². The zero-order valence-corrected chi connectivity index (χ0v) is 17.8. The zero-order chi connectivity index (χ0) is 21.9. The van der Waals surface area contributed by atoms with E-state index in [1.807, 2.05) is 48.7 Å². The quantitative estimate of drug-likeness (QED) is 0.326. The van der Waals surface area contributed by atoms with Crippen molar-refractivity contribution in [1.29, 1.82) is 0 Å². The number of nitrogens with one attached hydrogen (secondary N) is 2. The first kappa shape index (κ1) is 20.0. The van der Waals surface area contributed by atoms with E-state index >= 15 is 0 Å². The minimum Gasteiger partial charge on any atom is -0.508 e. The van der Waals surface area contributed by atoms with Crippen molar-refractivity contribution in [2.45, 2.75) is 13.0 Å². The summed E-state index contributed by atoms with van der Waals surface area (Å²) in [7, 11) is 1.66. The maximum Gasteiger partial charge on any atom is 0.121 e. The Morgan fingerprint density at radius 2 is 1.88 bits per heavy atom. The summed E-state index contributed by atoms with van der Waals surface area (Å²) in [5.41, 5.74) is 6.23. The van der Waals surface area contributed by atoms with Crippen LogP contribution in [0, 0.1) is 0 Å². The maximum absolute atomic E-state index is 9.80. The molecule has 0 amide bonds. The van der Waals surface area contributed by atoms with Crippen LogP contribution in [0.15, 0.2) is 73.2 Å². The number of aromatic nitrogens is 3. The Bertz CT molecular complexity index is 1380. The number of hydrogen-bond acceptors (Lipinski definition) is 5. The van der Waals surface area contributed by atoms with E-state index in [1.54, 1.807) is 25.6 Å². The number of benzene rings is 2. The molecule has 32 heavy (non-hydrogen) atoms. The highest BCUT2D eigenvalue weighted by Crippen LogP contribution is 2.28. The van der Waals surface area contributed by atoms with Crippen molar-refractivity contribution in [3.8, 4) is 22.8 Å². The summed E-state index contributed by atoms with van der Waals surface area (Å²) in [6.45, 7) is 1.50. The van der Waals surface area contributed by atoms with Crippen molar-refractivity contribution in [3.05, 3.63) is 84.3 Å². The smallest absolute Gasteiger partial charge is 0.121 e. The molecule has 0 aliphatic carbocycles. The predicted molar refractivity (Wildman–Crippen MR) is 127 cm³/mol. The lowest BCUT2D eigenvalue weighted by atomic mass is 10.0. The minimum absolute atomic E-state index is 0.284. The second kappa shape index (κ2) is 8.69. The topological polar surface area (TPSA) is 83.1 Å². The van der Waals surface area contributed by atoms with Gasteiger partial charge in [0.25, 0.3) is 0 Å². The summed E-state index contributed by atoms with van der Waals surface area (Å²) >= 11 is 0. The Labute approximate surface area is 185 Å². The highest BCUT2D eigenvalue weighted by molar-refractivity contribution is 5.85. The third kappa shape index (κ3) is 4.00. The molecule has 0 spiro atoms. The van der Waals surface area contributed by atoms with Gasteiger partial charge in [0.15, 0.2) is 0 Å². The van der Waals surface area contributed by atoms with Crippen molar-refractivity contribution >= 4 is 21.8 Å². The number of aromatic amines is 1. The van der Waals surface area contributed by atoms with Gasteiger partial charge in [-0.1, -0.05) is 0 Å². The second-order valence-corrected chi connectivity index (χ2v) is 7.76. The van der Waals surface area contributed by atoms with Crippen LogP contribution in [-0.4, -0.2) is 33.7 Å². The number of H-pyrrole nitrogens is 1. The fraction of sp³-hybridized carbons (Fsp3) is 0.154. The van der Waals surface area contributed by atoms with Crippen LogP contribution < -0.4 is 10.1 Å². The first-order valence-corrected chi connectivity index (χ1v) is 10.6. The highest BCUT2D eigenvalue weighted by Gasteiger charge is 2.11. The second-order valence-electron chi connectivity index (χ2n) is 7.76. The Hall–Kier alpha value is -3.90. The summed E-state index contributed by atoms with van der Waals surface area (Å²) in [6.07, 6.45) is 6.44. The van der Waals surface area contributed by atoms with E-state index in [1.165, 1.54) is 5.56 Å². The van der Waals surface area contributed by atoms with Gasteiger partial charge in [-0.05, 0) is 72.6 Å². The van der Waals surface area contributed by atoms with Crippen LogP contribution in [0.5, 0.6) is 11.5 Å². The van der Waals surface area contributed by atoms with Crippen molar-refractivity contribution < 1.29 is 9.84 Å². The third-order valence-electron chi connectivity index (χ3n) is 5.70. The SMILES string of the molecule is COc1ccc2cc(CNCCc3c[nH]c4ccc(O)cc34)c(-c3ccncc3)nc2c1. The van der Waals surface area contributed by atoms with E-state index < -0.39 is 0 Å². The standard InChI is InChI=1S/C26H24N4O2/c1-32-22-4-2-18-12-20(26(30-25(18)14-22)17-6-9-27-10-7-17)15-28-11-8-19-16-29-24-5-3-21(31)13-23(19)24/h2-7,9-10,12-14,16,28-29,31H,8,11,15H2,1H3. The fourth-order valence-electron chi connectivity index (χ4n) is 4.03. The first-order valence-electron chi connectivity index (χ1n) is 10.6. The molecule has 3 heterocycles. The average Bonchev–Trinajstić information content (AvgIpc) is 3.23. The molecule has 0 radical (unpaired) electrons. The molecule has 3 aromatic heterocycles. The molecule has 6 nitrogen and oxygen atoms in total. The van der Waals surface area contributed by atoms with E-state index in [0.717, 1.165) is 57.3 Å². The number of pyridine rings is 2. The van der Waals surface area contributed by atoms with Gasteiger partial charge in [-0.25, -0.2) is 4.98 Å². The van der Waals surface area contributed by atoms with Gasteiger partial charge in [-0.2, -0.15) is 0 Å². The summed E-state index contributed by atoms with van der Waals surface area (Å²) in [5, 5.41) is 15.5. The van der Waals surface area contributed by atoms with Gasteiger partial charge in [-0.3, -0.25) is 4.98 Å². The number of hydrogen-bond donors (Lipinski definition) is 3. The number of nitrogens with zero attached hydrogens (tertiary/aromatic N) is 2. The lowest BCUT2D eigenvalue weighted by molar-refractivity contribution is 0.415. The Kier molecular flexibility index (Phi) is 5.44. The molecule has 0 aliphatic heterocycles. The Morgan fingerprint density at radius 3 is 2.72 bits per heavy atom. The fourth-order valence-corrected chi connectivity index (χ4v) is 4.03. The van der Waals surface area contributed by atoms with Crippen LogP contribution in [0.2, 0.25) is 0 Å². The van der Waals surface area contributed by atoms with Crippen molar-refractivity contribution in [3.63, 3.8) is 0 Å². The summed E-state index contributed by atoms with van der Waals surface area (Å²) in [4.78, 5) is 12.4. The molecule has 2 aromatic carbocycles. The van der Waals surface area contributed by atoms with Gasteiger partial charge in [0.2, 0.25) is 0 Å². The number of aromatic hydroxyl groups is 1. The van der Waals surface area contributed by atoms with Crippen LogP contribution in [0.4, 0.5) is 0 Å². The van der Waals surface area contributed by atoms with Gasteiger partial charge in [-0.15, -0.1) is 0 Å². The van der Waals surface area contributed by atoms with Gasteiger partial charge in [0.05, 0.1) is 18.3 Å². The van der Waals surface area contributed by atoms with Crippen molar-refractivity contribution in [1.82, 2.24) is 20.3 Å². The van der Waals surface area contributed by atoms with Crippen LogP contribution in [0.3, 0.4) is 0 Å². The highest BCUT2D eigenvalue weighted by atomic mass is 16.5. The zero-order valence-electron chi connectivity index (χ0n) is 17.8. The van der Waals surface area contributed by atoms with Crippen LogP contribution in [-0.2, 0) is 13.0 Å². The minimum atomic E-state index is 0.284. The van der Waals surface area contributed by atoms with E-state index in [4.69, 9.17) is 9.72 Å². The molecule has 5 aromatic rings. The maximum atomic E-state index is 9.80. The summed E-state index contributed by atoms with van der Waals surface area (Å²) in [6, 6.07) is 17.5. The lowest BCUT2D eigenvalue weighted by Gasteiger charge is -2.13. The molecule has 0 bridgehead atoms. The number of phenolic OH excluding ortho intramolecular Hbond substituents is 1. The molecule has 160 valence electrons. The molecule has 0 atom stereocenters.